The van der Waals surface area contributed by atoms with E-state index in [9.17, 15) is 14.7 Å². The van der Waals surface area contributed by atoms with E-state index in [-0.39, 0.29) is 30.1 Å². The predicted molar refractivity (Wildman–Crippen MR) is 98.5 cm³/mol. The van der Waals surface area contributed by atoms with Crippen molar-refractivity contribution in [2.75, 3.05) is 13.1 Å². The molecule has 2 heterocycles. The summed E-state index contributed by atoms with van der Waals surface area (Å²) in [6.45, 7) is 5.28. The first-order chi connectivity index (χ1) is 12.3. The van der Waals surface area contributed by atoms with Crippen LogP contribution in [0.1, 0.15) is 46.0 Å². The van der Waals surface area contributed by atoms with E-state index >= 15 is 0 Å². The molecule has 2 aliphatic heterocycles. The zero-order valence-electron chi connectivity index (χ0n) is 15.7. The van der Waals surface area contributed by atoms with Crippen molar-refractivity contribution < 1.29 is 24.7 Å². The second-order valence-corrected chi connectivity index (χ2v) is 7.71. The molecule has 6 N–H and O–H groups in total. The van der Waals surface area contributed by atoms with Gasteiger partial charge in [0.1, 0.15) is 11.6 Å². The molecule has 2 saturated heterocycles. The summed E-state index contributed by atoms with van der Waals surface area (Å²) >= 11 is 0. The third-order valence-corrected chi connectivity index (χ3v) is 6.07. The highest BCUT2D eigenvalue weighted by molar-refractivity contribution is 6.40. The zero-order chi connectivity index (χ0) is 19.3. The van der Waals surface area contributed by atoms with Crippen molar-refractivity contribution in [2.24, 2.45) is 11.8 Å². The molecule has 2 fully saturated rings. The Hall–Kier alpha value is -1.16. The Bertz CT molecular complexity index is 507. The van der Waals surface area contributed by atoms with Crippen LogP contribution in [0.3, 0.4) is 0 Å². The Balaban J connectivity index is 2.12. The van der Waals surface area contributed by atoms with Crippen LogP contribution in [0.25, 0.3) is 0 Å². The van der Waals surface area contributed by atoms with Gasteiger partial charge in [-0.15, -0.1) is 0 Å². The molecule has 0 aromatic heterocycles. The highest BCUT2D eigenvalue weighted by Crippen LogP contribution is 2.37. The average Bonchev–Trinajstić information content (AvgIpc) is 3.18. The SMILES string of the molecule is CCC(C)C(NC(=O)[C@]1(CCCCB(O)O)NC[C@@H]2NCC[C@@H]21)C(=O)O. The molecule has 1 amide bonds. The number of hydrogen-bond donors (Lipinski definition) is 6. The number of carbonyl (C=O) groups is 2. The lowest BCUT2D eigenvalue weighted by atomic mass is 9.76. The Morgan fingerprint density at radius 3 is 2.69 bits per heavy atom. The quantitative estimate of drug-likeness (QED) is 0.227. The van der Waals surface area contributed by atoms with E-state index < -0.39 is 24.7 Å². The fourth-order valence-electron chi connectivity index (χ4n) is 4.31. The number of hydrogen-bond acceptors (Lipinski definition) is 6. The topological polar surface area (TPSA) is 131 Å². The van der Waals surface area contributed by atoms with E-state index in [1.54, 1.807) is 0 Å². The van der Waals surface area contributed by atoms with E-state index in [0.29, 0.717) is 32.2 Å². The van der Waals surface area contributed by atoms with E-state index in [1.165, 1.54) is 0 Å². The molecule has 0 radical (unpaired) electrons. The first-order valence-corrected chi connectivity index (χ1v) is 9.70. The molecule has 148 valence electrons. The van der Waals surface area contributed by atoms with E-state index in [0.717, 1.165) is 13.0 Å². The van der Waals surface area contributed by atoms with Crippen LogP contribution in [0.5, 0.6) is 0 Å². The molecule has 0 aliphatic carbocycles. The highest BCUT2D eigenvalue weighted by atomic mass is 16.4. The molecular formula is C17H32BN3O5. The lowest BCUT2D eigenvalue weighted by Gasteiger charge is -2.35. The van der Waals surface area contributed by atoms with Gasteiger partial charge < -0.3 is 31.1 Å². The first-order valence-electron chi connectivity index (χ1n) is 9.70. The molecule has 2 rings (SSSR count). The number of carbonyl (C=O) groups excluding carboxylic acids is 1. The Morgan fingerprint density at radius 2 is 2.08 bits per heavy atom. The summed E-state index contributed by atoms with van der Waals surface area (Å²) in [6, 6.07) is -0.685. The molecule has 26 heavy (non-hydrogen) atoms. The first kappa shape index (κ1) is 21.1. The van der Waals surface area contributed by atoms with Gasteiger partial charge in [0.2, 0.25) is 5.91 Å². The zero-order valence-corrected chi connectivity index (χ0v) is 15.7. The highest BCUT2D eigenvalue weighted by Gasteiger charge is 2.54. The van der Waals surface area contributed by atoms with Crippen LogP contribution in [-0.4, -0.2) is 64.9 Å². The number of carboxylic acids is 1. The number of fused-ring (bicyclic) bond motifs is 1. The van der Waals surface area contributed by atoms with Gasteiger partial charge in [-0.25, -0.2) is 4.79 Å². The maximum Gasteiger partial charge on any atom is 0.451 e. The summed E-state index contributed by atoms with van der Waals surface area (Å²) in [5, 5.41) is 37.1. The molecule has 9 heteroatoms. The number of unbranched alkanes of at least 4 members (excludes halogenated alkanes) is 1. The Labute approximate surface area is 155 Å². The van der Waals surface area contributed by atoms with Crippen molar-refractivity contribution in [3.05, 3.63) is 0 Å². The second-order valence-electron chi connectivity index (χ2n) is 7.71. The lowest BCUT2D eigenvalue weighted by molar-refractivity contribution is -0.145. The molecule has 5 atom stereocenters. The van der Waals surface area contributed by atoms with Gasteiger partial charge in [0, 0.05) is 18.5 Å². The van der Waals surface area contributed by atoms with Gasteiger partial charge in [0.15, 0.2) is 0 Å². The van der Waals surface area contributed by atoms with Gasteiger partial charge >= 0.3 is 13.1 Å². The van der Waals surface area contributed by atoms with Crippen molar-refractivity contribution in [1.82, 2.24) is 16.0 Å². The summed E-state index contributed by atoms with van der Waals surface area (Å²) in [4.78, 5) is 24.8. The van der Waals surface area contributed by atoms with Crippen LogP contribution >= 0.6 is 0 Å². The minimum Gasteiger partial charge on any atom is -0.480 e. The molecule has 0 bridgehead atoms. The molecule has 0 aromatic carbocycles. The number of amides is 1. The van der Waals surface area contributed by atoms with Crippen molar-refractivity contribution in [3.8, 4) is 0 Å². The third kappa shape index (κ3) is 4.57. The Kier molecular flexibility index (Phi) is 7.46. The molecule has 2 aliphatic rings. The summed E-state index contributed by atoms with van der Waals surface area (Å²) < 4.78 is 0. The molecular weight excluding hydrogens is 337 g/mol. The van der Waals surface area contributed by atoms with Gasteiger partial charge in [-0.2, -0.15) is 0 Å². The minimum atomic E-state index is -1.33. The fraction of sp³-hybridized carbons (Fsp3) is 0.882. The van der Waals surface area contributed by atoms with Crippen LogP contribution in [-0.2, 0) is 9.59 Å². The number of rotatable bonds is 10. The van der Waals surface area contributed by atoms with Gasteiger partial charge in [0.25, 0.3) is 0 Å². The predicted octanol–water partition coefficient (Wildman–Crippen LogP) is -0.435. The van der Waals surface area contributed by atoms with Crippen LogP contribution in [0.2, 0.25) is 6.32 Å². The largest absolute Gasteiger partial charge is 0.480 e. The van der Waals surface area contributed by atoms with E-state index in [4.69, 9.17) is 10.0 Å². The van der Waals surface area contributed by atoms with Crippen LogP contribution in [0, 0.1) is 11.8 Å². The lowest BCUT2D eigenvalue weighted by Crippen LogP contribution is -2.61. The average molecular weight is 369 g/mol. The summed E-state index contributed by atoms with van der Waals surface area (Å²) in [5.41, 5.74) is -0.796. The van der Waals surface area contributed by atoms with Gasteiger partial charge in [-0.3, -0.25) is 4.79 Å². The summed E-state index contributed by atoms with van der Waals surface area (Å²) in [6.07, 6.45) is 3.64. The standard InChI is InChI=1S/C17H32BN3O5/c1-3-11(2)14(15(22)23)21-16(24)17(7-4-5-8-18(25)26)12-6-9-19-13(12)10-20-17/h11-14,19-20,25-26H,3-10H2,1-2H3,(H,21,24)(H,22,23)/t11?,12-,13-,14?,17+/m0/s1. The number of carboxylic acid groups (broad SMARTS) is 1. The van der Waals surface area contributed by atoms with Crippen molar-refractivity contribution in [1.29, 1.82) is 0 Å². The van der Waals surface area contributed by atoms with Gasteiger partial charge in [0.05, 0.1) is 0 Å². The summed E-state index contributed by atoms with van der Waals surface area (Å²) in [5.74, 6) is -1.29. The van der Waals surface area contributed by atoms with Crippen LogP contribution in [0.4, 0.5) is 0 Å². The smallest absolute Gasteiger partial charge is 0.451 e. The van der Waals surface area contributed by atoms with Crippen LogP contribution < -0.4 is 16.0 Å². The fourth-order valence-corrected chi connectivity index (χ4v) is 4.31. The molecule has 0 spiro atoms. The van der Waals surface area contributed by atoms with Gasteiger partial charge in [-0.05, 0) is 31.6 Å². The minimum absolute atomic E-state index is 0.118. The second kappa shape index (κ2) is 9.17. The number of nitrogens with one attached hydrogen (secondary N) is 3. The number of aliphatic carboxylic acids is 1. The molecule has 0 saturated carbocycles. The van der Waals surface area contributed by atoms with Crippen molar-refractivity contribution >= 4 is 19.0 Å². The molecule has 2 unspecified atom stereocenters. The van der Waals surface area contributed by atoms with E-state index in [2.05, 4.69) is 16.0 Å². The monoisotopic (exact) mass is 369 g/mol. The normalized spacial score (nSPS) is 29.8. The Morgan fingerprint density at radius 1 is 1.35 bits per heavy atom. The van der Waals surface area contributed by atoms with Crippen LogP contribution in [0.15, 0.2) is 0 Å². The molecule has 0 aromatic rings. The maximum absolute atomic E-state index is 13.2. The van der Waals surface area contributed by atoms with E-state index in [1.807, 2.05) is 13.8 Å². The van der Waals surface area contributed by atoms with Gasteiger partial charge in [-0.1, -0.05) is 33.1 Å². The third-order valence-electron chi connectivity index (χ3n) is 6.07. The maximum atomic E-state index is 13.2. The molecule has 8 nitrogen and oxygen atoms in total. The van der Waals surface area contributed by atoms with Crippen molar-refractivity contribution in [3.63, 3.8) is 0 Å². The summed E-state index contributed by atoms with van der Waals surface area (Å²) in [7, 11) is -1.33. The van der Waals surface area contributed by atoms with Crippen molar-refractivity contribution in [2.45, 2.75) is 69.9 Å².